The molecular formula is C12H24O. The quantitative estimate of drug-likeness (QED) is 0.449. The summed E-state index contributed by atoms with van der Waals surface area (Å²) in [6.07, 6.45) is 10.2. The lowest BCUT2D eigenvalue weighted by Gasteiger charge is -2.26. The predicted molar refractivity (Wildman–Crippen MR) is 59.0 cm³/mol. The van der Waals surface area contributed by atoms with Crippen LogP contribution in [-0.4, -0.2) is 12.7 Å². The molecule has 1 saturated heterocycles. The molecule has 1 nitrogen and oxygen atoms in total. The molecule has 0 N–H and O–H groups in total. The molecule has 0 aliphatic carbocycles. The van der Waals surface area contributed by atoms with Crippen LogP contribution >= 0.6 is 0 Å². The maximum atomic E-state index is 5.34. The monoisotopic (exact) mass is 184 g/mol. The van der Waals surface area contributed by atoms with E-state index in [1.54, 1.807) is 0 Å². The first-order valence-electron chi connectivity index (χ1n) is 5.55. The highest BCUT2D eigenvalue weighted by Gasteiger charge is 2.16. The molecular weight excluding hydrogens is 160 g/mol. The Labute approximate surface area is 83.2 Å². The van der Waals surface area contributed by atoms with Crippen LogP contribution in [0.2, 0.25) is 0 Å². The van der Waals surface area contributed by atoms with Crippen molar-refractivity contribution in [1.29, 1.82) is 0 Å². The summed E-state index contributed by atoms with van der Waals surface area (Å²) < 4.78 is 5.34. The second kappa shape index (κ2) is 9.79. The van der Waals surface area contributed by atoms with Gasteiger partial charge < -0.3 is 4.74 Å². The van der Waals surface area contributed by atoms with Crippen molar-refractivity contribution in [2.75, 3.05) is 6.61 Å². The van der Waals surface area contributed by atoms with Crippen LogP contribution in [0.4, 0.5) is 0 Å². The summed E-state index contributed by atoms with van der Waals surface area (Å²) in [6, 6.07) is 0. The zero-order valence-electron chi connectivity index (χ0n) is 9.06. The Morgan fingerprint density at radius 3 is 2.23 bits per heavy atom. The second-order valence-corrected chi connectivity index (χ2v) is 3.48. The van der Waals surface area contributed by atoms with Crippen molar-refractivity contribution in [2.45, 2.75) is 58.0 Å². The molecule has 1 atom stereocenters. The molecule has 1 aliphatic heterocycles. The molecule has 0 spiro atoms. The number of rotatable bonds is 6. The average molecular weight is 184 g/mol. The standard InChI is InChI=1S/C10H20O.C2H4/c1-2-3-4-5-6-7-10-8-9-11-10;1-2/h10H,2-9H2,1H3;1-2H2. The van der Waals surface area contributed by atoms with E-state index >= 15 is 0 Å². The van der Waals surface area contributed by atoms with E-state index in [9.17, 15) is 0 Å². The molecule has 1 fully saturated rings. The summed E-state index contributed by atoms with van der Waals surface area (Å²) in [5.74, 6) is 0. The van der Waals surface area contributed by atoms with Gasteiger partial charge in [-0.15, -0.1) is 13.2 Å². The van der Waals surface area contributed by atoms with Crippen LogP contribution in [0.1, 0.15) is 51.9 Å². The number of hydrogen-bond acceptors (Lipinski definition) is 1. The van der Waals surface area contributed by atoms with Gasteiger partial charge in [0.25, 0.3) is 0 Å². The van der Waals surface area contributed by atoms with Crippen molar-refractivity contribution in [1.82, 2.24) is 0 Å². The fourth-order valence-corrected chi connectivity index (χ4v) is 1.49. The highest BCUT2D eigenvalue weighted by molar-refractivity contribution is 4.65. The van der Waals surface area contributed by atoms with Crippen LogP contribution in [0.15, 0.2) is 13.2 Å². The largest absolute Gasteiger partial charge is 0.378 e. The van der Waals surface area contributed by atoms with Gasteiger partial charge in [-0.2, -0.15) is 0 Å². The zero-order chi connectivity index (χ0) is 9.94. The minimum absolute atomic E-state index is 0.636. The molecule has 0 aromatic carbocycles. The van der Waals surface area contributed by atoms with Crippen LogP contribution in [0, 0.1) is 0 Å². The van der Waals surface area contributed by atoms with E-state index in [1.807, 2.05) is 0 Å². The van der Waals surface area contributed by atoms with Gasteiger partial charge in [0, 0.05) is 6.61 Å². The third-order valence-electron chi connectivity index (χ3n) is 2.42. The van der Waals surface area contributed by atoms with E-state index in [1.165, 1.54) is 44.9 Å². The number of ether oxygens (including phenoxy) is 1. The highest BCUT2D eigenvalue weighted by Crippen LogP contribution is 2.18. The molecule has 0 aromatic rings. The first kappa shape index (κ1) is 12.7. The van der Waals surface area contributed by atoms with Crippen molar-refractivity contribution in [3.05, 3.63) is 13.2 Å². The van der Waals surface area contributed by atoms with E-state index in [-0.39, 0.29) is 0 Å². The molecule has 0 amide bonds. The first-order chi connectivity index (χ1) is 6.43. The molecule has 1 aliphatic rings. The predicted octanol–water partition coefficient (Wildman–Crippen LogP) is 3.94. The number of hydrogen-bond donors (Lipinski definition) is 0. The molecule has 0 radical (unpaired) electrons. The Morgan fingerprint density at radius 2 is 1.77 bits per heavy atom. The van der Waals surface area contributed by atoms with Gasteiger partial charge in [-0.1, -0.05) is 39.0 Å². The lowest BCUT2D eigenvalue weighted by atomic mass is 10.0. The molecule has 0 saturated carbocycles. The van der Waals surface area contributed by atoms with Gasteiger partial charge in [-0.25, -0.2) is 0 Å². The Balaban J connectivity index is 0.000000671. The molecule has 13 heavy (non-hydrogen) atoms. The van der Waals surface area contributed by atoms with Crippen LogP contribution in [0.5, 0.6) is 0 Å². The summed E-state index contributed by atoms with van der Waals surface area (Å²) in [5.41, 5.74) is 0. The minimum Gasteiger partial charge on any atom is -0.378 e. The van der Waals surface area contributed by atoms with Crippen molar-refractivity contribution in [3.63, 3.8) is 0 Å². The molecule has 1 unspecified atom stereocenters. The lowest BCUT2D eigenvalue weighted by molar-refractivity contribution is -0.0555. The average Bonchev–Trinajstić information content (AvgIpc) is 2.11. The molecule has 0 aromatic heterocycles. The summed E-state index contributed by atoms with van der Waals surface area (Å²) in [5, 5.41) is 0. The molecule has 1 heterocycles. The minimum atomic E-state index is 0.636. The summed E-state index contributed by atoms with van der Waals surface area (Å²) in [4.78, 5) is 0. The molecule has 1 heteroatoms. The molecule has 0 bridgehead atoms. The van der Waals surface area contributed by atoms with Gasteiger partial charge in [0.15, 0.2) is 0 Å². The van der Waals surface area contributed by atoms with Crippen LogP contribution in [-0.2, 0) is 4.74 Å². The van der Waals surface area contributed by atoms with Crippen LogP contribution < -0.4 is 0 Å². The smallest absolute Gasteiger partial charge is 0.0597 e. The summed E-state index contributed by atoms with van der Waals surface area (Å²) >= 11 is 0. The topological polar surface area (TPSA) is 9.23 Å². The van der Waals surface area contributed by atoms with Crippen LogP contribution in [0.25, 0.3) is 0 Å². The fourth-order valence-electron chi connectivity index (χ4n) is 1.49. The number of unbranched alkanes of at least 4 members (excludes halogenated alkanes) is 4. The summed E-state index contributed by atoms with van der Waals surface area (Å²) in [7, 11) is 0. The third kappa shape index (κ3) is 6.83. The molecule has 78 valence electrons. The van der Waals surface area contributed by atoms with Crippen molar-refractivity contribution in [2.24, 2.45) is 0 Å². The van der Waals surface area contributed by atoms with E-state index in [0.29, 0.717) is 6.10 Å². The van der Waals surface area contributed by atoms with Crippen molar-refractivity contribution in [3.8, 4) is 0 Å². The molecule has 1 rings (SSSR count). The van der Waals surface area contributed by atoms with Crippen molar-refractivity contribution < 1.29 is 4.74 Å². The third-order valence-corrected chi connectivity index (χ3v) is 2.42. The Morgan fingerprint density at radius 1 is 1.15 bits per heavy atom. The first-order valence-corrected chi connectivity index (χ1v) is 5.55. The maximum absolute atomic E-state index is 5.34. The van der Waals surface area contributed by atoms with Crippen LogP contribution in [0.3, 0.4) is 0 Å². The zero-order valence-corrected chi connectivity index (χ0v) is 9.06. The fraction of sp³-hybridized carbons (Fsp3) is 0.833. The Kier molecular flexibility index (Phi) is 9.56. The van der Waals surface area contributed by atoms with Gasteiger partial charge >= 0.3 is 0 Å². The summed E-state index contributed by atoms with van der Waals surface area (Å²) in [6.45, 7) is 9.27. The van der Waals surface area contributed by atoms with Gasteiger partial charge in [-0.3, -0.25) is 0 Å². The van der Waals surface area contributed by atoms with E-state index in [4.69, 9.17) is 4.74 Å². The van der Waals surface area contributed by atoms with Gasteiger partial charge in [-0.05, 0) is 12.8 Å². The van der Waals surface area contributed by atoms with Gasteiger partial charge in [0.1, 0.15) is 0 Å². The Bertz CT molecular complexity index is 97.3. The SMILES string of the molecule is C=C.CCCCCCCC1CCO1. The van der Waals surface area contributed by atoms with E-state index < -0.39 is 0 Å². The normalized spacial score (nSPS) is 19.9. The van der Waals surface area contributed by atoms with Gasteiger partial charge in [0.05, 0.1) is 6.10 Å². The Hall–Kier alpha value is -0.300. The van der Waals surface area contributed by atoms with E-state index in [2.05, 4.69) is 20.1 Å². The maximum Gasteiger partial charge on any atom is 0.0597 e. The van der Waals surface area contributed by atoms with Crippen molar-refractivity contribution >= 4 is 0 Å². The van der Waals surface area contributed by atoms with Gasteiger partial charge in [0.2, 0.25) is 0 Å². The second-order valence-electron chi connectivity index (χ2n) is 3.48. The van der Waals surface area contributed by atoms with E-state index in [0.717, 1.165) is 6.61 Å². The highest BCUT2D eigenvalue weighted by atomic mass is 16.5. The lowest BCUT2D eigenvalue weighted by Crippen LogP contribution is -2.26.